The van der Waals surface area contributed by atoms with E-state index in [9.17, 15) is 0 Å². The molecule has 0 aromatic heterocycles. The number of halogens is 2. The fourth-order valence-corrected chi connectivity index (χ4v) is 4.05. The summed E-state index contributed by atoms with van der Waals surface area (Å²) in [6, 6.07) is 21.8. The van der Waals surface area contributed by atoms with Crippen molar-refractivity contribution < 1.29 is 0 Å². The van der Waals surface area contributed by atoms with Crippen LogP contribution in [0, 0.1) is 3.57 Å². The van der Waals surface area contributed by atoms with Crippen molar-refractivity contribution in [2.24, 2.45) is 0 Å². The molecule has 3 aromatic rings. The maximum Gasteiger partial charge on any atom is 0.0371 e. The smallest absolute Gasteiger partial charge is 0.0371 e. The van der Waals surface area contributed by atoms with Crippen LogP contribution in [-0.4, -0.2) is 28.2 Å². The predicted octanol–water partition coefficient (Wildman–Crippen LogP) is 6.95. The van der Waals surface area contributed by atoms with Crippen LogP contribution < -0.4 is 9.80 Å². The van der Waals surface area contributed by atoms with Gasteiger partial charge < -0.3 is 9.80 Å². The number of nitrogens with zero attached hydrogens (tertiary/aromatic N) is 2. The fraction of sp³-hybridized carbons (Fsp3) is 0.200. The van der Waals surface area contributed by atoms with Gasteiger partial charge >= 0.3 is 0 Å². The molecule has 0 saturated carbocycles. The highest BCUT2D eigenvalue weighted by Crippen LogP contribution is 2.27. The Labute approximate surface area is 196 Å². The van der Waals surface area contributed by atoms with E-state index in [1.165, 1.54) is 37.2 Å². The Morgan fingerprint density at radius 2 is 1.34 bits per heavy atom. The summed E-state index contributed by atoms with van der Waals surface area (Å²) in [6.45, 7) is 0. The van der Waals surface area contributed by atoms with Gasteiger partial charge in [-0.1, -0.05) is 52.3 Å². The maximum atomic E-state index is 3.50. The molecule has 0 aliphatic heterocycles. The minimum Gasteiger partial charge on any atom is -0.378 e. The standard InChI is InChI=1S/C25H26BrIN2/c1-28(2)23-13-9-19(15-21-10-14-24(29(3)4)17-25(21)27)20(16-23)8-5-18-6-11-22(26)12-7-18/h5-14,16-17H,15H2,1-4H3/b8-5+. The van der Waals surface area contributed by atoms with Gasteiger partial charge in [-0.3, -0.25) is 0 Å². The molecule has 4 heteroatoms. The van der Waals surface area contributed by atoms with Gasteiger partial charge in [0.25, 0.3) is 0 Å². The van der Waals surface area contributed by atoms with E-state index in [2.05, 4.69) is 149 Å². The minimum atomic E-state index is 0.916. The SMILES string of the molecule is CN(C)c1ccc(Cc2ccc(N(C)C)cc2/C=C/c2ccc(Br)cc2)c(I)c1. The zero-order valence-electron chi connectivity index (χ0n) is 17.3. The highest BCUT2D eigenvalue weighted by atomic mass is 127. The summed E-state index contributed by atoms with van der Waals surface area (Å²) in [5, 5.41) is 0. The molecular weight excluding hydrogens is 535 g/mol. The lowest BCUT2D eigenvalue weighted by atomic mass is 9.98. The van der Waals surface area contributed by atoms with Gasteiger partial charge in [-0.2, -0.15) is 0 Å². The van der Waals surface area contributed by atoms with Crippen LogP contribution in [0.3, 0.4) is 0 Å². The van der Waals surface area contributed by atoms with Crippen LogP contribution in [0.5, 0.6) is 0 Å². The molecular formula is C25H26BrIN2. The third-order valence-corrected chi connectivity index (χ3v) is 6.44. The molecule has 0 heterocycles. The van der Waals surface area contributed by atoms with E-state index in [0.717, 1.165) is 10.9 Å². The Bertz CT molecular complexity index is 1010. The Kier molecular flexibility index (Phi) is 7.41. The summed E-state index contributed by atoms with van der Waals surface area (Å²) < 4.78 is 2.40. The second-order valence-electron chi connectivity index (χ2n) is 7.51. The molecule has 0 radical (unpaired) electrons. The summed E-state index contributed by atoms with van der Waals surface area (Å²) in [5.41, 5.74) is 7.58. The number of benzene rings is 3. The molecule has 0 amide bonds. The predicted molar refractivity (Wildman–Crippen MR) is 140 cm³/mol. The van der Waals surface area contributed by atoms with Crippen LogP contribution in [0.15, 0.2) is 65.1 Å². The van der Waals surface area contributed by atoms with Crippen molar-refractivity contribution in [3.05, 3.63) is 91.0 Å². The van der Waals surface area contributed by atoms with Crippen molar-refractivity contribution in [3.63, 3.8) is 0 Å². The molecule has 2 nitrogen and oxygen atoms in total. The molecule has 0 N–H and O–H groups in total. The highest BCUT2D eigenvalue weighted by Gasteiger charge is 2.08. The number of hydrogen-bond acceptors (Lipinski definition) is 2. The lowest BCUT2D eigenvalue weighted by Crippen LogP contribution is -2.10. The molecule has 150 valence electrons. The third kappa shape index (κ3) is 5.86. The van der Waals surface area contributed by atoms with Crippen molar-refractivity contribution in [1.82, 2.24) is 0 Å². The van der Waals surface area contributed by atoms with E-state index < -0.39 is 0 Å². The average molecular weight is 561 g/mol. The van der Waals surface area contributed by atoms with Crippen LogP contribution in [0.4, 0.5) is 11.4 Å². The molecule has 3 rings (SSSR count). The molecule has 29 heavy (non-hydrogen) atoms. The first kappa shape index (κ1) is 21.9. The fourth-order valence-electron chi connectivity index (χ4n) is 3.10. The van der Waals surface area contributed by atoms with Gasteiger partial charge in [-0.25, -0.2) is 0 Å². The summed E-state index contributed by atoms with van der Waals surface area (Å²) >= 11 is 5.95. The van der Waals surface area contributed by atoms with Gasteiger partial charge in [0.2, 0.25) is 0 Å². The van der Waals surface area contributed by atoms with Crippen molar-refractivity contribution in [3.8, 4) is 0 Å². The zero-order valence-corrected chi connectivity index (χ0v) is 21.0. The summed E-state index contributed by atoms with van der Waals surface area (Å²) in [7, 11) is 8.33. The third-order valence-electron chi connectivity index (χ3n) is 4.91. The first-order valence-corrected chi connectivity index (χ1v) is 11.4. The van der Waals surface area contributed by atoms with E-state index >= 15 is 0 Å². The summed E-state index contributed by atoms with van der Waals surface area (Å²) in [4.78, 5) is 4.29. The van der Waals surface area contributed by atoms with Crippen molar-refractivity contribution >= 4 is 62.0 Å². The first-order chi connectivity index (χ1) is 13.8. The number of hydrogen-bond donors (Lipinski definition) is 0. The van der Waals surface area contributed by atoms with Crippen LogP contribution in [0.25, 0.3) is 12.2 Å². The second kappa shape index (κ2) is 9.81. The van der Waals surface area contributed by atoms with E-state index in [-0.39, 0.29) is 0 Å². The van der Waals surface area contributed by atoms with Gasteiger partial charge in [-0.05, 0) is 87.7 Å². The lowest BCUT2D eigenvalue weighted by molar-refractivity contribution is 1.10. The molecule has 0 aliphatic carbocycles. The number of anilines is 2. The van der Waals surface area contributed by atoms with E-state index in [1.54, 1.807) is 0 Å². The first-order valence-electron chi connectivity index (χ1n) is 9.53. The van der Waals surface area contributed by atoms with Crippen molar-refractivity contribution in [2.75, 3.05) is 38.0 Å². The molecule has 0 spiro atoms. The van der Waals surface area contributed by atoms with E-state index in [1.807, 2.05) is 0 Å². The van der Waals surface area contributed by atoms with Gasteiger partial charge in [0.1, 0.15) is 0 Å². The lowest BCUT2D eigenvalue weighted by Gasteiger charge is -2.17. The molecule has 0 bridgehead atoms. The molecule has 0 unspecified atom stereocenters. The zero-order chi connectivity index (χ0) is 21.0. The van der Waals surface area contributed by atoms with Gasteiger partial charge in [-0.15, -0.1) is 0 Å². The molecule has 0 atom stereocenters. The van der Waals surface area contributed by atoms with Gasteiger partial charge in [0.15, 0.2) is 0 Å². The maximum absolute atomic E-state index is 3.50. The Morgan fingerprint density at radius 1 is 0.759 bits per heavy atom. The van der Waals surface area contributed by atoms with E-state index in [4.69, 9.17) is 0 Å². The highest BCUT2D eigenvalue weighted by molar-refractivity contribution is 14.1. The van der Waals surface area contributed by atoms with Gasteiger partial charge in [0.05, 0.1) is 0 Å². The summed E-state index contributed by atoms with van der Waals surface area (Å²) in [5.74, 6) is 0. The van der Waals surface area contributed by atoms with Crippen LogP contribution in [0.2, 0.25) is 0 Å². The quantitative estimate of drug-likeness (QED) is 0.238. The van der Waals surface area contributed by atoms with Crippen molar-refractivity contribution in [1.29, 1.82) is 0 Å². The monoisotopic (exact) mass is 560 g/mol. The minimum absolute atomic E-state index is 0.916. The molecule has 3 aromatic carbocycles. The van der Waals surface area contributed by atoms with Gasteiger partial charge in [0, 0.05) is 47.6 Å². The topological polar surface area (TPSA) is 6.48 Å². The Balaban J connectivity index is 1.94. The Morgan fingerprint density at radius 3 is 1.93 bits per heavy atom. The summed E-state index contributed by atoms with van der Waals surface area (Å²) in [6.07, 6.45) is 5.33. The van der Waals surface area contributed by atoms with Crippen molar-refractivity contribution in [2.45, 2.75) is 6.42 Å². The van der Waals surface area contributed by atoms with Crippen LogP contribution >= 0.6 is 38.5 Å². The molecule has 0 fully saturated rings. The molecule has 0 saturated heterocycles. The largest absolute Gasteiger partial charge is 0.378 e. The van der Waals surface area contributed by atoms with E-state index in [0.29, 0.717) is 0 Å². The average Bonchev–Trinajstić information content (AvgIpc) is 2.69. The Hall–Kier alpha value is -1.79. The van der Waals surface area contributed by atoms with Crippen LogP contribution in [0.1, 0.15) is 22.3 Å². The normalized spacial score (nSPS) is 11.1. The molecule has 0 aliphatic rings. The number of rotatable bonds is 6. The second-order valence-corrected chi connectivity index (χ2v) is 9.59. The van der Waals surface area contributed by atoms with Crippen LogP contribution in [-0.2, 0) is 6.42 Å².